The maximum atomic E-state index is 5.49. The van der Waals surface area contributed by atoms with Gasteiger partial charge in [0.15, 0.2) is 0 Å². The molecule has 2 rings (SSSR count). The number of anilines is 1. The largest absolute Gasteiger partial charge is 0.362 e. The lowest BCUT2D eigenvalue weighted by Gasteiger charge is -2.34. The molecule has 0 unspecified atom stereocenters. The highest BCUT2D eigenvalue weighted by molar-refractivity contribution is 7.99. The van der Waals surface area contributed by atoms with Crippen molar-refractivity contribution < 1.29 is 9.31 Å². The van der Waals surface area contributed by atoms with E-state index < -0.39 is 0 Å². The van der Waals surface area contributed by atoms with E-state index in [4.69, 9.17) is 10.3 Å². The molecular weight excluding hydrogens is 200 g/mol. The van der Waals surface area contributed by atoms with E-state index in [1.165, 1.54) is 0 Å². The molecule has 0 aliphatic carbocycles. The summed E-state index contributed by atoms with van der Waals surface area (Å²) in [5.74, 6) is 2.55. The van der Waals surface area contributed by atoms with Crippen molar-refractivity contribution >= 4 is 17.6 Å². The molecule has 1 saturated heterocycles. The van der Waals surface area contributed by atoms with Gasteiger partial charge in [0.05, 0.1) is 11.3 Å². The molecule has 0 bridgehead atoms. The fourth-order valence-corrected chi connectivity index (χ4v) is 2.69. The molecule has 1 aromatic heterocycles. The third-order valence-corrected chi connectivity index (χ3v) is 3.70. The summed E-state index contributed by atoms with van der Waals surface area (Å²) in [5, 5.41) is 6.04. The Kier molecular flexibility index (Phi) is 2.30. The van der Waals surface area contributed by atoms with Gasteiger partial charge in [0.2, 0.25) is 5.27 Å². The first-order valence-corrected chi connectivity index (χ1v) is 5.75. The summed E-state index contributed by atoms with van der Waals surface area (Å²) < 4.78 is 4.85. The van der Waals surface area contributed by atoms with E-state index in [9.17, 15) is 0 Å². The smallest absolute Gasteiger partial charge is 0.296 e. The van der Waals surface area contributed by atoms with Crippen LogP contribution in [0.4, 0.5) is 5.88 Å². The van der Waals surface area contributed by atoms with Crippen LogP contribution in [0.15, 0.2) is 10.7 Å². The molecule has 78 valence electrons. The normalized spacial score (nSPS) is 21.1. The first-order chi connectivity index (χ1) is 6.59. The molecule has 0 aromatic carbocycles. The zero-order valence-electron chi connectivity index (χ0n) is 8.43. The highest BCUT2D eigenvalue weighted by Gasteiger charge is 2.38. The summed E-state index contributed by atoms with van der Waals surface area (Å²) in [5.41, 5.74) is 5.59. The first kappa shape index (κ1) is 9.64. The molecule has 1 aliphatic heterocycles. The van der Waals surface area contributed by atoms with Crippen LogP contribution in [0.1, 0.15) is 13.8 Å². The molecule has 0 radical (unpaired) electrons. The quantitative estimate of drug-likeness (QED) is 0.669. The predicted octanol–water partition coefficient (Wildman–Crippen LogP) is 0.00770. The van der Waals surface area contributed by atoms with Crippen LogP contribution in [0, 0.1) is 0 Å². The van der Waals surface area contributed by atoms with Crippen LogP contribution in [-0.4, -0.2) is 28.9 Å². The van der Waals surface area contributed by atoms with Gasteiger partial charge in [-0.1, -0.05) is 0 Å². The first-order valence-electron chi connectivity index (χ1n) is 4.59. The molecule has 14 heavy (non-hydrogen) atoms. The van der Waals surface area contributed by atoms with Crippen molar-refractivity contribution in [3.05, 3.63) is 6.20 Å². The highest BCUT2D eigenvalue weighted by Crippen LogP contribution is 2.22. The molecule has 6 heteroatoms. The third kappa shape index (κ3) is 1.66. The number of nitrogen functional groups attached to an aromatic ring is 1. The monoisotopic (exact) mass is 215 g/mol. The summed E-state index contributed by atoms with van der Waals surface area (Å²) in [4.78, 5) is 1.70. The summed E-state index contributed by atoms with van der Waals surface area (Å²) in [7, 11) is 0. The zero-order chi connectivity index (χ0) is 10.2. The molecule has 0 spiro atoms. The van der Waals surface area contributed by atoms with Crippen molar-refractivity contribution in [1.29, 1.82) is 0 Å². The van der Waals surface area contributed by atoms with Gasteiger partial charge in [-0.15, -0.1) is 5.01 Å². The molecule has 5 nitrogen and oxygen atoms in total. The summed E-state index contributed by atoms with van der Waals surface area (Å²) in [6.07, 6.45) is 1.71. The van der Waals surface area contributed by atoms with Gasteiger partial charge in [0.1, 0.15) is 5.54 Å². The lowest BCUT2D eigenvalue weighted by molar-refractivity contribution is -0.764. The Morgan fingerprint density at radius 3 is 3.07 bits per heavy atom. The molecule has 1 aromatic rings. The minimum Gasteiger partial charge on any atom is -0.362 e. The van der Waals surface area contributed by atoms with Gasteiger partial charge in [-0.3, -0.25) is 4.52 Å². The van der Waals surface area contributed by atoms with Crippen LogP contribution in [0.3, 0.4) is 0 Å². The van der Waals surface area contributed by atoms with E-state index >= 15 is 0 Å². The summed E-state index contributed by atoms with van der Waals surface area (Å²) in [6, 6.07) is 0. The van der Waals surface area contributed by atoms with Crippen LogP contribution in [-0.2, 0) is 0 Å². The number of nitrogens with zero attached hydrogens (tertiary/aromatic N) is 3. The minimum atomic E-state index is 0.0941. The molecule has 1 aliphatic rings. The number of rotatable bonds is 1. The van der Waals surface area contributed by atoms with E-state index in [0.717, 1.165) is 18.1 Å². The van der Waals surface area contributed by atoms with Crippen molar-refractivity contribution in [3.63, 3.8) is 0 Å². The van der Waals surface area contributed by atoms with Crippen molar-refractivity contribution in [2.45, 2.75) is 19.4 Å². The fourth-order valence-electron chi connectivity index (χ4n) is 1.59. The Hall–Kier alpha value is -0.910. The lowest BCUT2D eigenvalue weighted by atomic mass is 10.1. The summed E-state index contributed by atoms with van der Waals surface area (Å²) in [6.45, 7) is 5.35. The fraction of sp³-hybridized carbons (Fsp3) is 0.750. The topological polar surface area (TPSA) is 59.2 Å². The van der Waals surface area contributed by atoms with Crippen LogP contribution in [0.25, 0.3) is 0 Å². The van der Waals surface area contributed by atoms with Gasteiger partial charge < -0.3 is 5.73 Å². The van der Waals surface area contributed by atoms with Crippen LogP contribution < -0.4 is 15.5 Å². The molecule has 0 atom stereocenters. The Morgan fingerprint density at radius 2 is 2.50 bits per heavy atom. The van der Waals surface area contributed by atoms with Crippen molar-refractivity contribution in [2.24, 2.45) is 0 Å². The SMILES string of the molecule is CC1(C)CSCCN1[n+]1cc(N)on1. The average Bonchev–Trinajstić information content (AvgIpc) is 2.51. The Bertz CT molecular complexity index is 325. The average molecular weight is 215 g/mol. The minimum absolute atomic E-state index is 0.0941. The third-order valence-electron chi connectivity index (χ3n) is 2.32. The van der Waals surface area contributed by atoms with Crippen LogP contribution in [0.2, 0.25) is 0 Å². The van der Waals surface area contributed by atoms with Gasteiger partial charge >= 0.3 is 0 Å². The van der Waals surface area contributed by atoms with Crippen molar-refractivity contribution in [1.82, 2.24) is 5.27 Å². The summed E-state index contributed by atoms with van der Waals surface area (Å²) >= 11 is 1.96. The predicted molar refractivity (Wildman–Crippen MR) is 55.6 cm³/mol. The molecule has 2 N–H and O–H groups in total. The van der Waals surface area contributed by atoms with E-state index in [-0.39, 0.29) is 5.54 Å². The molecule has 0 amide bonds. The standard InChI is InChI=1S/C8H15N4OS/c1-8(2)6-14-4-3-11(8)12-5-7(9)13-10-12/h5H,3-4,6,9H2,1-2H3/q+1. The maximum Gasteiger partial charge on any atom is 0.296 e. The van der Waals surface area contributed by atoms with Gasteiger partial charge in [-0.25, -0.2) is 0 Å². The van der Waals surface area contributed by atoms with Crippen LogP contribution >= 0.6 is 11.8 Å². The maximum absolute atomic E-state index is 5.49. The van der Waals surface area contributed by atoms with E-state index in [2.05, 4.69) is 24.1 Å². The van der Waals surface area contributed by atoms with Crippen molar-refractivity contribution in [3.8, 4) is 0 Å². The van der Waals surface area contributed by atoms with Crippen molar-refractivity contribution in [2.75, 3.05) is 28.8 Å². The highest BCUT2D eigenvalue weighted by atomic mass is 32.2. The van der Waals surface area contributed by atoms with E-state index in [0.29, 0.717) is 5.88 Å². The second-order valence-corrected chi connectivity index (χ2v) is 5.12. The van der Waals surface area contributed by atoms with Gasteiger partial charge in [0, 0.05) is 11.5 Å². The number of hydrogen-bond donors (Lipinski definition) is 1. The Morgan fingerprint density at radius 1 is 1.71 bits per heavy atom. The van der Waals surface area contributed by atoms with Gasteiger partial charge in [-0.2, -0.15) is 11.8 Å². The van der Waals surface area contributed by atoms with E-state index in [1.807, 2.05) is 11.8 Å². The molecule has 1 fully saturated rings. The number of nitrogens with two attached hydrogens (primary N) is 1. The van der Waals surface area contributed by atoms with Gasteiger partial charge in [0.25, 0.3) is 12.1 Å². The Balaban J connectivity index is 2.23. The second-order valence-electron chi connectivity index (χ2n) is 4.01. The molecular formula is C8H15N4OS+. The number of hydrogen-bond acceptors (Lipinski definition) is 5. The molecule has 2 heterocycles. The number of aromatic nitrogens is 2. The number of thioether (sulfide) groups is 1. The Labute approximate surface area is 87.2 Å². The van der Waals surface area contributed by atoms with Gasteiger partial charge in [-0.05, 0) is 13.8 Å². The lowest BCUT2D eigenvalue weighted by Crippen LogP contribution is -2.70. The van der Waals surface area contributed by atoms with E-state index in [1.54, 1.807) is 11.0 Å². The van der Waals surface area contributed by atoms with Crippen LogP contribution in [0.5, 0.6) is 0 Å². The zero-order valence-corrected chi connectivity index (χ0v) is 9.25. The molecule has 0 saturated carbocycles. The second kappa shape index (κ2) is 3.34.